The van der Waals surface area contributed by atoms with Gasteiger partial charge in [0.05, 0.1) is 6.61 Å². The van der Waals surface area contributed by atoms with Crippen molar-refractivity contribution in [1.29, 1.82) is 0 Å². The summed E-state index contributed by atoms with van der Waals surface area (Å²) in [5.41, 5.74) is 5.37. The minimum atomic E-state index is 0.488. The molecule has 1 aliphatic heterocycles. The van der Waals surface area contributed by atoms with Gasteiger partial charge >= 0.3 is 0 Å². The first-order chi connectivity index (χ1) is 18.6. The summed E-state index contributed by atoms with van der Waals surface area (Å²) in [7, 11) is 1.70. The minimum Gasteiger partial charge on any atom is -0.380 e. The van der Waals surface area contributed by atoms with E-state index in [1.54, 1.807) is 7.11 Å². The average molecular weight is 520 g/mol. The van der Waals surface area contributed by atoms with Gasteiger partial charge in [-0.15, -0.1) is 0 Å². The topological polar surface area (TPSA) is 70.7 Å². The largest absolute Gasteiger partial charge is 0.380 e. The fourth-order valence-corrected chi connectivity index (χ4v) is 3.62. The summed E-state index contributed by atoms with van der Waals surface area (Å²) in [4.78, 5) is 21.6. The maximum Gasteiger partial charge on any atom is 0.207 e. The van der Waals surface area contributed by atoms with Crippen LogP contribution in [0.1, 0.15) is 42.9 Å². The molecule has 0 unspecified atom stereocenters. The van der Waals surface area contributed by atoms with Gasteiger partial charge in [0.2, 0.25) is 12.8 Å². The molecule has 0 aromatic heterocycles. The number of aryl methyl sites for hydroxylation is 2. The van der Waals surface area contributed by atoms with Gasteiger partial charge in [0, 0.05) is 39.0 Å². The Hall–Kier alpha value is -3.64. The van der Waals surface area contributed by atoms with E-state index in [1.807, 2.05) is 36.4 Å². The van der Waals surface area contributed by atoms with Crippen LogP contribution in [0.3, 0.4) is 0 Å². The summed E-state index contributed by atoms with van der Waals surface area (Å²) in [5.74, 6) is 0. The van der Waals surface area contributed by atoms with Gasteiger partial charge < -0.3 is 20.3 Å². The molecule has 0 bridgehead atoms. The van der Waals surface area contributed by atoms with Crippen molar-refractivity contribution < 1.29 is 14.3 Å². The van der Waals surface area contributed by atoms with Gasteiger partial charge in [-0.05, 0) is 55.9 Å². The lowest BCUT2D eigenvalue weighted by molar-refractivity contribution is -0.111. The lowest BCUT2D eigenvalue weighted by atomic mass is 10.1. The summed E-state index contributed by atoms with van der Waals surface area (Å²) in [6.45, 7) is 8.47. The smallest absolute Gasteiger partial charge is 0.207 e. The number of rotatable bonds is 9. The van der Waals surface area contributed by atoms with Crippen LogP contribution in [0, 0.1) is 6.92 Å². The van der Waals surface area contributed by atoms with Crippen LogP contribution in [0.2, 0.25) is 0 Å². The van der Waals surface area contributed by atoms with E-state index in [4.69, 9.17) is 4.74 Å². The predicted molar refractivity (Wildman–Crippen MR) is 158 cm³/mol. The Bertz CT molecular complexity index is 935. The zero-order valence-corrected chi connectivity index (χ0v) is 23.3. The number of carbonyl (C=O) groups excluding carboxylic acids is 2. The SMILES string of the molecule is CCc1ccccc1.COCc1ccccc1.Cc1ccc(N2CCCCC2)cc1.O=CNCCNC=O. The van der Waals surface area contributed by atoms with Crippen molar-refractivity contribution in [1.82, 2.24) is 10.6 Å². The molecule has 38 heavy (non-hydrogen) atoms. The third-order valence-electron chi connectivity index (χ3n) is 5.74. The van der Waals surface area contributed by atoms with E-state index < -0.39 is 0 Å². The quantitative estimate of drug-likeness (QED) is 0.287. The lowest BCUT2D eigenvalue weighted by Crippen LogP contribution is -2.29. The number of nitrogens with one attached hydrogen (secondary N) is 2. The molecule has 6 heteroatoms. The van der Waals surface area contributed by atoms with Crippen LogP contribution in [0.4, 0.5) is 5.69 Å². The molecule has 1 heterocycles. The highest BCUT2D eigenvalue weighted by atomic mass is 16.5. The van der Waals surface area contributed by atoms with Crippen molar-refractivity contribution in [2.24, 2.45) is 0 Å². The third kappa shape index (κ3) is 16.2. The number of anilines is 1. The third-order valence-corrected chi connectivity index (χ3v) is 5.74. The first-order valence-electron chi connectivity index (χ1n) is 13.4. The number of benzene rings is 3. The van der Waals surface area contributed by atoms with Crippen LogP contribution >= 0.6 is 0 Å². The van der Waals surface area contributed by atoms with Gasteiger partial charge in [-0.1, -0.05) is 85.3 Å². The molecule has 2 amide bonds. The van der Waals surface area contributed by atoms with Crippen molar-refractivity contribution in [3.05, 3.63) is 102 Å². The summed E-state index contributed by atoms with van der Waals surface area (Å²) >= 11 is 0. The number of ether oxygens (including phenoxy) is 1. The van der Waals surface area contributed by atoms with Crippen molar-refractivity contribution in [2.75, 3.05) is 38.2 Å². The molecular formula is C32H45N3O3. The Labute approximate surface area is 229 Å². The van der Waals surface area contributed by atoms with Crippen molar-refractivity contribution in [2.45, 2.75) is 46.1 Å². The maximum atomic E-state index is 9.54. The second-order valence-corrected chi connectivity index (χ2v) is 8.78. The zero-order valence-electron chi connectivity index (χ0n) is 23.3. The van der Waals surface area contributed by atoms with E-state index in [-0.39, 0.29) is 0 Å². The zero-order chi connectivity index (χ0) is 27.7. The second-order valence-electron chi connectivity index (χ2n) is 8.78. The highest BCUT2D eigenvalue weighted by Crippen LogP contribution is 2.19. The molecule has 6 nitrogen and oxygen atoms in total. The van der Waals surface area contributed by atoms with E-state index in [0.29, 0.717) is 32.5 Å². The molecular weight excluding hydrogens is 474 g/mol. The number of nitrogens with zero attached hydrogens (tertiary/aromatic N) is 1. The van der Waals surface area contributed by atoms with Crippen molar-refractivity contribution >= 4 is 18.5 Å². The number of hydrogen-bond acceptors (Lipinski definition) is 4. The minimum absolute atomic E-state index is 0.488. The van der Waals surface area contributed by atoms with Crippen LogP contribution in [0.25, 0.3) is 0 Å². The molecule has 0 spiro atoms. The molecule has 4 rings (SSSR count). The summed E-state index contributed by atoms with van der Waals surface area (Å²) < 4.78 is 4.93. The fourth-order valence-electron chi connectivity index (χ4n) is 3.62. The van der Waals surface area contributed by atoms with Crippen LogP contribution < -0.4 is 15.5 Å². The van der Waals surface area contributed by atoms with Gasteiger partial charge in [-0.25, -0.2) is 0 Å². The molecule has 0 atom stereocenters. The molecule has 1 aliphatic rings. The van der Waals surface area contributed by atoms with Crippen LogP contribution in [0.5, 0.6) is 0 Å². The highest BCUT2D eigenvalue weighted by molar-refractivity contribution is 5.48. The molecule has 206 valence electrons. The first-order valence-corrected chi connectivity index (χ1v) is 13.4. The predicted octanol–water partition coefficient (Wildman–Crippen LogP) is 5.55. The van der Waals surface area contributed by atoms with Crippen molar-refractivity contribution in [3.8, 4) is 0 Å². The van der Waals surface area contributed by atoms with E-state index in [2.05, 4.69) is 77.9 Å². The Morgan fingerprint density at radius 3 is 1.66 bits per heavy atom. The number of hydrogen-bond donors (Lipinski definition) is 2. The standard InChI is InChI=1S/C12H17N.C8H10O.C8H10.C4H8N2O2/c1-11-5-7-12(8-6-11)13-9-3-2-4-10-13;1-9-7-8-5-3-2-4-6-8;1-2-8-6-4-3-5-7-8;7-3-5-1-2-6-4-8/h5-8H,2-4,9-10H2,1H3;2-6H,7H2,1H3;3-7H,2H2,1H3;3-4H,1-2H2,(H,5,7)(H,6,8). The van der Waals surface area contributed by atoms with Crippen LogP contribution in [-0.2, 0) is 27.4 Å². The number of piperidine rings is 1. The van der Waals surface area contributed by atoms with E-state index >= 15 is 0 Å². The van der Waals surface area contributed by atoms with Gasteiger partial charge in [0.15, 0.2) is 0 Å². The van der Waals surface area contributed by atoms with E-state index in [9.17, 15) is 9.59 Å². The fraction of sp³-hybridized carbons (Fsp3) is 0.375. The van der Waals surface area contributed by atoms with Crippen LogP contribution in [0.15, 0.2) is 84.9 Å². The Kier molecular flexibility index (Phi) is 19.2. The van der Waals surface area contributed by atoms with Gasteiger partial charge in [-0.3, -0.25) is 9.59 Å². The second kappa shape index (κ2) is 22.5. The van der Waals surface area contributed by atoms with Crippen LogP contribution in [-0.4, -0.2) is 46.1 Å². The molecule has 0 radical (unpaired) electrons. The molecule has 1 saturated heterocycles. The molecule has 0 saturated carbocycles. The summed E-state index contributed by atoms with van der Waals surface area (Å²) in [5, 5.41) is 4.76. The summed E-state index contributed by atoms with van der Waals surface area (Å²) in [6, 6.07) is 29.4. The molecule has 2 N–H and O–H groups in total. The molecule has 3 aromatic rings. The van der Waals surface area contributed by atoms with E-state index in [1.165, 1.54) is 54.7 Å². The lowest BCUT2D eigenvalue weighted by Gasteiger charge is -2.28. The monoisotopic (exact) mass is 519 g/mol. The van der Waals surface area contributed by atoms with Gasteiger partial charge in [0.1, 0.15) is 0 Å². The molecule has 0 aliphatic carbocycles. The number of amides is 2. The molecule has 1 fully saturated rings. The Morgan fingerprint density at radius 1 is 0.737 bits per heavy atom. The normalized spacial score (nSPS) is 11.7. The maximum absolute atomic E-state index is 9.54. The van der Waals surface area contributed by atoms with Gasteiger partial charge in [0.25, 0.3) is 0 Å². The Balaban J connectivity index is 0.000000260. The first kappa shape index (κ1) is 32.4. The number of carbonyl (C=O) groups is 2. The molecule has 3 aromatic carbocycles. The average Bonchev–Trinajstić information content (AvgIpc) is 2.98. The van der Waals surface area contributed by atoms with E-state index in [0.717, 1.165) is 6.42 Å². The number of methoxy groups -OCH3 is 1. The highest BCUT2D eigenvalue weighted by Gasteiger charge is 2.09. The van der Waals surface area contributed by atoms with Gasteiger partial charge in [-0.2, -0.15) is 0 Å². The Morgan fingerprint density at radius 2 is 1.24 bits per heavy atom. The van der Waals surface area contributed by atoms with Crippen molar-refractivity contribution in [3.63, 3.8) is 0 Å². The summed E-state index contributed by atoms with van der Waals surface area (Å²) in [6.07, 6.45) is 6.43.